The van der Waals surface area contributed by atoms with Crippen molar-refractivity contribution in [2.24, 2.45) is 0 Å². The maximum atomic E-state index is 12.4. The topological polar surface area (TPSA) is 38.3 Å². The van der Waals surface area contributed by atoms with Crippen molar-refractivity contribution in [2.45, 2.75) is 19.4 Å². The molecule has 0 aliphatic rings. The number of hydrogen-bond acceptors (Lipinski definition) is 2. The van der Waals surface area contributed by atoms with Crippen molar-refractivity contribution >= 4 is 11.6 Å². The summed E-state index contributed by atoms with van der Waals surface area (Å²) < 4.78 is 5.33. The van der Waals surface area contributed by atoms with E-state index in [4.69, 9.17) is 4.74 Å². The molecule has 0 spiro atoms. The van der Waals surface area contributed by atoms with E-state index in [2.05, 4.69) is 12.2 Å². The van der Waals surface area contributed by atoms with Crippen LogP contribution >= 0.6 is 0 Å². The van der Waals surface area contributed by atoms with Crippen molar-refractivity contribution in [3.05, 3.63) is 65.7 Å². The zero-order valence-electron chi connectivity index (χ0n) is 11.8. The Morgan fingerprint density at radius 1 is 1.10 bits per heavy atom. The molecule has 2 aromatic rings. The molecule has 104 valence electrons. The molecule has 0 bridgehead atoms. The Labute approximate surface area is 119 Å². The van der Waals surface area contributed by atoms with Gasteiger partial charge in [-0.2, -0.15) is 0 Å². The van der Waals surface area contributed by atoms with Crippen LogP contribution in [0.5, 0.6) is 0 Å². The smallest absolute Gasteiger partial charge is 0.258 e. The van der Waals surface area contributed by atoms with Gasteiger partial charge in [-0.1, -0.05) is 55.5 Å². The SMILES string of the molecule is CCc1ccccc1NC(=O)C(OC)c1ccccc1. The molecule has 2 aromatic carbocycles. The van der Waals surface area contributed by atoms with Crippen LogP contribution in [0.4, 0.5) is 5.69 Å². The lowest BCUT2D eigenvalue weighted by Crippen LogP contribution is -2.23. The molecule has 1 amide bonds. The van der Waals surface area contributed by atoms with E-state index in [1.54, 1.807) is 7.11 Å². The van der Waals surface area contributed by atoms with Crippen molar-refractivity contribution in [2.75, 3.05) is 12.4 Å². The van der Waals surface area contributed by atoms with Crippen LogP contribution in [-0.2, 0) is 16.0 Å². The van der Waals surface area contributed by atoms with Gasteiger partial charge < -0.3 is 10.1 Å². The van der Waals surface area contributed by atoms with E-state index >= 15 is 0 Å². The fraction of sp³-hybridized carbons (Fsp3) is 0.235. The molecule has 2 rings (SSSR count). The fourth-order valence-corrected chi connectivity index (χ4v) is 2.17. The summed E-state index contributed by atoms with van der Waals surface area (Å²) in [5.41, 5.74) is 2.81. The Bertz CT molecular complexity index is 566. The highest BCUT2D eigenvalue weighted by Crippen LogP contribution is 2.21. The van der Waals surface area contributed by atoms with Crippen molar-refractivity contribution in [3.8, 4) is 0 Å². The van der Waals surface area contributed by atoms with E-state index in [9.17, 15) is 4.79 Å². The standard InChI is InChI=1S/C17H19NO2/c1-3-13-9-7-8-12-15(13)18-17(19)16(20-2)14-10-5-4-6-11-14/h4-12,16H,3H2,1-2H3,(H,18,19). The average Bonchev–Trinajstić information content (AvgIpc) is 2.49. The van der Waals surface area contributed by atoms with Gasteiger partial charge in [-0.15, -0.1) is 0 Å². The third-order valence-electron chi connectivity index (χ3n) is 3.23. The van der Waals surface area contributed by atoms with Gasteiger partial charge in [-0.25, -0.2) is 0 Å². The number of benzene rings is 2. The highest BCUT2D eigenvalue weighted by molar-refractivity contribution is 5.95. The molecule has 20 heavy (non-hydrogen) atoms. The minimum Gasteiger partial charge on any atom is -0.367 e. The number of aryl methyl sites for hydroxylation is 1. The molecule has 0 aromatic heterocycles. The Kier molecular flexibility index (Phi) is 4.91. The quantitative estimate of drug-likeness (QED) is 0.901. The number of carbonyl (C=O) groups is 1. The molecule has 0 radical (unpaired) electrons. The summed E-state index contributed by atoms with van der Waals surface area (Å²) in [5.74, 6) is -0.153. The summed E-state index contributed by atoms with van der Waals surface area (Å²) in [5, 5.41) is 2.95. The summed E-state index contributed by atoms with van der Waals surface area (Å²) in [7, 11) is 1.54. The van der Waals surface area contributed by atoms with Gasteiger partial charge in [0, 0.05) is 12.8 Å². The van der Waals surface area contributed by atoms with Crippen LogP contribution < -0.4 is 5.32 Å². The first kappa shape index (κ1) is 14.3. The predicted molar refractivity (Wildman–Crippen MR) is 80.6 cm³/mol. The molecule has 0 aliphatic heterocycles. The van der Waals surface area contributed by atoms with E-state index < -0.39 is 6.10 Å². The molecular weight excluding hydrogens is 250 g/mol. The van der Waals surface area contributed by atoms with Crippen LogP contribution in [-0.4, -0.2) is 13.0 Å². The number of anilines is 1. The van der Waals surface area contributed by atoms with Crippen molar-refractivity contribution in [1.82, 2.24) is 0 Å². The second-order valence-electron chi connectivity index (χ2n) is 4.53. The van der Waals surface area contributed by atoms with Crippen molar-refractivity contribution < 1.29 is 9.53 Å². The van der Waals surface area contributed by atoms with E-state index in [1.165, 1.54) is 0 Å². The number of amides is 1. The van der Waals surface area contributed by atoms with E-state index in [1.807, 2.05) is 54.6 Å². The first-order valence-corrected chi connectivity index (χ1v) is 6.72. The number of hydrogen-bond donors (Lipinski definition) is 1. The van der Waals surface area contributed by atoms with Crippen LogP contribution in [0.3, 0.4) is 0 Å². The van der Waals surface area contributed by atoms with Gasteiger partial charge in [0.1, 0.15) is 0 Å². The third kappa shape index (κ3) is 3.25. The first-order chi connectivity index (χ1) is 9.76. The van der Waals surface area contributed by atoms with Gasteiger partial charge in [0.05, 0.1) is 0 Å². The van der Waals surface area contributed by atoms with Crippen molar-refractivity contribution in [3.63, 3.8) is 0 Å². The van der Waals surface area contributed by atoms with Gasteiger partial charge in [-0.05, 0) is 23.6 Å². The summed E-state index contributed by atoms with van der Waals surface area (Å²) in [6.07, 6.45) is 0.278. The lowest BCUT2D eigenvalue weighted by atomic mass is 10.1. The van der Waals surface area contributed by atoms with E-state index in [-0.39, 0.29) is 5.91 Å². The number of carbonyl (C=O) groups excluding carboxylic acids is 1. The summed E-state index contributed by atoms with van der Waals surface area (Å²) >= 11 is 0. The molecule has 0 saturated carbocycles. The Morgan fingerprint density at radius 3 is 2.40 bits per heavy atom. The van der Waals surface area contributed by atoms with Crippen molar-refractivity contribution in [1.29, 1.82) is 0 Å². The minimum atomic E-state index is -0.596. The van der Waals surface area contributed by atoms with E-state index in [0.29, 0.717) is 0 Å². The van der Waals surface area contributed by atoms with Gasteiger partial charge in [0.2, 0.25) is 0 Å². The second kappa shape index (κ2) is 6.87. The molecule has 0 aliphatic carbocycles. The predicted octanol–water partition coefficient (Wildman–Crippen LogP) is 3.58. The second-order valence-corrected chi connectivity index (χ2v) is 4.53. The largest absolute Gasteiger partial charge is 0.367 e. The number of nitrogens with one attached hydrogen (secondary N) is 1. The van der Waals surface area contributed by atoms with Crippen LogP contribution in [0.2, 0.25) is 0 Å². The molecule has 3 heteroatoms. The third-order valence-corrected chi connectivity index (χ3v) is 3.23. The Morgan fingerprint density at radius 2 is 1.75 bits per heavy atom. The number of rotatable bonds is 5. The number of ether oxygens (including phenoxy) is 1. The monoisotopic (exact) mass is 269 g/mol. The molecule has 0 saturated heterocycles. The first-order valence-electron chi connectivity index (χ1n) is 6.72. The van der Waals surface area contributed by atoms with E-state index in [0.717, 1.165) is 23.2 Å². The molecule has 0 heterocycles. The minimum absolute atomic E-state index is 0.153. The fourth-order valence-electron chi connectivity index (χ4n) is 2.17. The number of para-hydroxylation sites is 1. The molecule has 1 N–H and O–H groups in total. The lowest BCUT2D eigenvalue weighted by Gasteiger charge is -2.17. The summed E-state index contributed by atoms with van der Waals surface area (Å²) in [4.78, 5) is 12.4. The molecule has 1 atom stereocenters. The number of methoxy groups -OCH3 is 1. The lowest BCUT2D eigenvalue weighted by molar-refractivity contribution is -0.126. The zero-order valence-corrected chi connectivity index (χ0v) is 11.8. The van der Waals surface area contributed by atoms with Crippen LogP contribution in [0, 0.1) is 0 Å². The Balaban J connectivity index is 2.18. The van der Waals surface area contributed by atoms with Crippen LogP contribution in [0.25, 0.3) is 0 Å². The molecule has 0 fully saturated rings. The van der Waals surface area contributed by atoms with Gasteiger partial charge >= 0.3 is 0 Å². The summed E-state index contributed by atoms with van der Waals surface area (Å²) in [6, 6.07) is 17.3. The van der Waals surface area contributed by atoms with Gasteiger partial charge in [0.25, 0.3) is 5.91 Å². The highest BCUT2D eigenvalue weighted by Gasteiger charge is 2.20. The van der Waals surface area contributed by atoms with Crippen LogP contribution in [0.15, 0.2) is 54.6 Å². The normalized spacial score (nSPS) is 11.9. The summed E-state index contributed by atoms with van der Waals surface area (Å²) in [6.45, 7) is 2.07. The van der Waals surface area contributed by atoms with Crippen LogP contribution in [0.1, 0.15) is 24.2 Å². The Hall–Kier alpha value is -2.13. The average molecular weight is 269 g/mol. The van der Waals surface area contributed by atoms with Gasteiger partial charge in [0.15, 0.2) is 6.10 Å². The highest BCUT2D eigenvalue weighted by atomic mass is 16.5. The zero-order chi connectivity index (χ0) is 14.4. The maximum Gasteiger partial charge on any atom is 0.258 e. The maximum absolute atomic E-state index is 12.4. The molecular formula is C17H19NO2. The molecule has 1 unspecified atom stereocenters. The van der Waals surface area contributed by atoms with Gasteiger partial charge in [-0.3, -0.25) is 4.79 Å². The molecule has 3 nitrogen and oxygen atoms in total.